The van der Waals surface area contributed by atoms with Gasteiger partial charge >= 0.3 is 23.9 Å². The molecule has 1 aromatic heterocycles. The monoisotopic (exact) mass is 743 g/mol. The van der Waals surface area contributed by atoms with Gasteiger partial charge in [-0.3, -0.25) is 19.2 Å². The van der Waals surface area contributed by atoms with Gasteiger partial charge in [-0.25, -0.2) is 4.68 Å². The molecule has 3 aromatic rings. The Hall–Kier alpha value is -5.37. The summed E-state index contributed by atoms with van der Waals surface area (Å²) in [5, 5.41) is 18.7. The first-order chi connectivity index (χ1) is 24.3. The largest absolute Gasteiger partial charge is 0.487 e. The molecule has 0 saturated carbocycles. The summed E-state index contributed by atoms with van der Waals surface area (Å²) in [5.41, 5.74) is 7.77. The summed E-state index contributed by atoms with van der Waals surface area (Å²) < 4.78 is 40.6. The van der Waals surface area contributed by atoms with Crippen LogP contribution in [0, 0.1) is 11.3 Å². The number of nitrogens with zero attached hydrogens (tertiary/aromatic N) is 4. The molecule has 3 heterocycles. The third-order valence-corrected chi connectivity index (χ3v) is 8.49. The van der Waals surface area contributed by atoms with E-state index in [-0.39, 0.29) is 28.8 Å². The number of allylic oxidation sites excluding steroid dienone is 1. The molecule has 0 bridgehead atoms. The number of esters is 4. The number of carbonyl (C=O) groups excluding carboxylic acids is 4. The molecule has 51 heavy (non-hydrogen) atoms. The van der Waals surface area contributed by atoms with Crippen LogP contribution in [0.1, 0.15) is 56.7 Å². The fraction of sp³-hybridized carbons (Fsp3) is 0.364. The third-order valence-electron chi connectivity index (χ3n) is 7.65. The Morgan fingerprint density at radius 3 is 2.29 bits per heavy atom. The Bertz CT molecular complexity index is 1930. The topological polar surface area (TPSA) is 213 Å². The zero-order valence-corrected chi connectivity index (χ0v) is 29.0. The lowest BCUT2D eigenvalue weighted by Crippen LogP contribution is -2.60. The molecular weight excluding hydrogens is 713 g/mol. The first kappa shape index (κ1) is 36.9. The predicted molar refractivity (Wildman–Crippen MR) is 174 cm³/mol. The second-order valence-corrected chi connectivity index (χ2v) is 12.1. The number of rotatable bonds is 10. The average molecular weight is 745 g/mol. The summed E-state index contributed by atoms with van der Waals surface area (Å²) >= 11 is 12.8. The van der Waals surface area contributed by atoms with Gasteiger partial charge in [0, 0.05) is 39.3 Å². The zero-order valence-electron chi connectivity index (χ0n) is 27.5. The highest BCUT2D eigenvalue weighted by atomic mass is 35.5. The van der Waals surface area contributed by atoms with Gasteiger partial charge in [0.25, 0.3) is 0 Å². The van der Waals surface area contributed by atoms with E-state index in [0.717, 1.165) is 20.8 Å². The Labute approximate surface area is 300 Å². The number of hydrogen-bond acceptors (Lipinski definition) is 15. The van der Waals surface area contributed by atoms with E-state index in [1.54, 1.807) is 36.4 Å². The van der Waals surface area contributed by atoms with Crippen molar-refractivity contribution < 1.29 is 52.3 Å². The molecule has 2 aromatic carbocycles. The van der Waals surface area contributed by atoms with Crippen molar-refractivity contribution >= 4 is 47.1 Å². The van der Waals surface area contributed by atoms with E-state index in [0.29, 0.717) is 27.6 Å². The molecule has 18 heteroatoms. The quantitative estimate of drug-likeness (QED) is 0.232. The van der Waals surface area contributed by atoms with E-state index in [1.165, 1.54) is 17.8 Å². The second-order valence-electron chi connectivity index (χ2n) is 11.3. The first-order valence-corrected chi connectivity index (χ1v) is 16.0. The van der Waals surface area contributed by atoms with E-state index >= 15 is 0 Å². The lowest BCUT2D eigenvalue weighted by atomic mass is 9.83. The second kappa shape index (κ2) is 15.7. The molecule has 0 amide bonds. The van der Waals surface area contributed by atoms with Gasteiger partial charge in [-0.2, -0.15) is 5.26 Å². The van der Waals surface area contributed by atoms with Crippen LogP contribution in [0.25, 0.3) is 0 Å². The molecule has 5 rings (SSSR count). The van der Waals surface area contributed by atoms with Crippen molar-refractivity contribution in [3.8, 4) is 17.6 Å². The highest BCUT2D eigenvalue weighted by molar-refractivity contribution is 6.42. The Kier molecular flexibility index (Phi) is 11.3. The molecule has 1 unspecified atom stereocenters. The van der Waals surface area contributed by atoms with Crippen LogP contribution in [0.2, 0.25) is 10.0 Å². The van der Waals surface area contributed by atoms with Crippen molar-refractivity contribution in [3.05, 3.63) is 80.9 Å². The maximum absolute atomic E-state index is 12.2. The van der Waals surface area contributed by atoms with Crippen LogP contribution >= 0.6 is 23.2 Å². The minimum atomic E-state index is -1.39. The molecule has 0 spiro atoms. The van der Waals surface area contributed by atoms with E-state index < -0.39 is 67.0 Å². The predicted octanol–water partition coefficient (Wildman–Crippen LogP) is 3.64. The number of hydrogen-bond donors (Lipinski definition) is 1. The highest BCUT2D eigenvalue weighted by Gasteiger charge is 2.53. The van der Waals surface area contributed by atoms with Crippen molar-refractivity contribution in [1.29, 1.82) is 5.26 Å². The Balaban J connectivity index is 1.40. The number of nitrogens with two attached hydrogens (primary N) is 1. The zero-order chi connectivity index (χ0) is 37.0. The number of aromatic nitrogens is 3. The maximum atomic E-state index is 12.2. The minimum Gasteiger partial charge on any atom is -0.487 e. The molecule has 1 fully saturated rings. The van der Waals surface area contributed by atoms with E-state index in [2.05, 4.69) is 16.4 Å². The van der Waals surface area contributed by atoms with Crippen LogP contribution in [0.5, 0.6) is 11.5 Å². The summed E-state index contributed by atoms with van der Waals surface area (Å²) in [6, 6.07) is 12.2. The molecule has 2 N–H and O–H groups in total. The van der Waals surface area contributed by atoms with Gasteiger partial charge in [-0.05, 0) is 17.7 Å². The lowest BCUT2D eigenvalue weighted by molar-refractivity contribution is -0.270. The molecule has 6 atom stereocenters. The van der Waals surface area contributed by atoms with Gasteiger partial charge in [0.15, 0.2) is 24.5 Å². The average Bonchev–Trinajstić information content (AvgIpc) is 3.53. The molecule has 0 aliphatic carbocycles. The minimum absolute atomic E-state index is 0.101. The molecule has 0 radical (unpaired) electrons. The van der Waals surface area contributed by atoms with E-state index in [1.807, 2.05) is 0 Å². The number of halogens is 2. The SMILES string of the molecule is CC(=O)OC[C@H]1O[C@@H](n2cc(COc3ccc4c(c3)OC(N)=C(C#N)C4c3cccc(Cl)c3Cl)nn2)[C@H](OC(C)=O)[C@@H](OC(C)=O)[C@@H]1OC(C)=O. The standard InChI is InChI=1S/C33H31Cl2N5O11/c1-15(41)45-14-26-29(47-16(2)42)30(48-17(3)43)31(49-18(4)44)33(51-26)40-12-19(38-39-40)13-46-20-8-9-21-25(10-20)50-32(37)23(11-36)27(21)22-6-5-7-24(34)28(22)35/h5-10,12,26-27,29-31,33H,13-14,37H2,1-4H3/t26-,27?,29-,30+,31-,33-/m1/s1. The summed E-state index contributed by atoms with van der Waals surface area (Å²) in [4.78, 5) is 48.0. The Morgan fingerprint density at radius 1 is 0.941 bits per heavy atom. The number of benzene rings is 2. The molecule has 2 aliphatic rings. The van der Waals surface area contributed by atoms with E-state index in [9.17, 15) is 24.4 Å². The van der Waals surface area contributed by atoms with Crippen molar-refractivity contribution in [2.75, 3.05) is 6.61 Å². The maximum Gasteiger partial charge on any atom is 0.303 e. The number of nitriles is 1. The van der Waals surface area contributed by atoms with Crippen LogP contribution in [0.3, 0.4) is 0 Å². The summed E-state index contributed by atoms with van der Waals surface area (Å²) in [7, 11) is 0. The van der Waals surface area contributed by atoms with Gasteiger partial charge in [0.1, 0.15) is 48.2 Å². The molecular formula is C33H31Cl2N5O11. The highest BCUT2D eigenvalue weighted by Crippen LogP contribution is 2.46. The smallest absolute Gasteiger partial charge is 0.303 e. The first-order valence-electron chi connectivity index (χ1n) is 15.3. The fourth-order valence-electron chi connectivity index (χ4n) is 5.67. The van der Waals surface area contributed by atoms with Crippen molar-refractivity contribution in [1.82, 2.24) is 15.0 Å². The van der Waals surface area contributed by atoms with Crippen LogP contribution in [-0.2, 0) is 49.5 Å². The molecule has 268 valence electrons. The molecule has 1 saturated heterocycles. The van der Waals surface area contributed by atoms with Crippen LogP contribution in [0.4, 0.5) is 0 Å². The number of ether oxygens (including phenoxy) is 7. The van der Waals surface area contributed by atoms with Gasteiger partial charge in [-0.15, -0.1) is 5.10 Å². The summed E-state index contributed by atoms with van der Waals surface area (Å²) in [6.07, 6.45) is -5.12. The van der Waals surface area contributed by atoms with Crippen LogP contribution in [0.15, 0.2) is 54.1 Å². The van der Waals surface area contributed by atoms with Crippen molar-refractivity contribution in [3.63, 3.8) is 0 Å². The van der Waals surface area contributed by atoms with Crippen LogP contribution in [-0.4, -0.2) is 69.9 Å². The van der Waals surface area contributed by atoms with Crippen molar-refractivity contribution in [2.45, 2.75) is 70.9 Å². The number of fused-ring (bicyclic) bond motifs is 1. The fourth-order valence-corrected chi connectivity index (χ4v) is 6.09. The molecule has 16 nitrogen and oxygen atoms in total. The summed E-state index contributed by atoms with van der Waals surface area (Å²) in [6.45, 7) is 4.03. The summed E-state index contributed by atoms with van der Waals surface area (Å²) in [5.74, 6) is -3.02. The molecule has 2 aliphatic heterocycles. The van der Waals surface area contributed by atoms with Gasteiger partial charge in [-0.1, -0.05) is 46.6 Å². The van der Waals surface area contributed by atoms with Gasteiger partial charge < -0.3 is 38.9 Å². The van der Waals surface area contributed by atoms with Crippen molar-refractivity contribution in [2.24, 2.45) is 5.73 Å². The number of carbonyl (C=O) groups is 4. The van der Waals surface area contributed by atoms with Gasteiger partial charge in [0.05, 0.1) is 22.2 Å². The third kappa shape index (κ3) is 8.34. The Morgan fingerprint density at radius 2 is 1.63 bits per heavy atom. The van der Waals surface area contributed by atoms with Gasteiger partial charge in [0.2, 0.25) is 5.88 Å². The normalized spacial score (nSPS) is 22.5. The van der Waals surface area contributed by atoms with Crippen LogP contribution < -0.4 is 15.2 Å². The van der Waals surface area contributed by atoms with E-state index in [4.69, 9.17) is 62.1 Å². The lowest BCUT2D eigenvalue weighted by Gasteiger charge is -2.44.